The number of ether oxygens (including phenoxy) is 4. The highest BCUT2D eigenvalue weighted by atomic mass is 19.4. The molecule has 0 radical (unpaired) electrons. The van der Waals surface area contributed by atoms with E-state index in [-0.39, 0.29) is 31.1 Å². The molecule has 0 N–H and O–H groups in total. The van der Waals surface area contributed by atoms with Crippen molar-refractivity contribution in [1.82, 2.24) is 0 Å². The molecular weight excluding hydrogens is 495 g/mol. The third-order valence-corrected chi connectivity index (χ3v) is 6.17. The van der Waals surface area contributed by atoms with E-state index in [1.807, 2.05) is 18.2 Å². The molecule has 0 saturated carbocycles. The van der Waals surface area contributed by atoms with E-state index in [1.165, 1.54) is 6.07 Å². The Balaban J connectivity index is 1.33. The molecule has 0 spiro atoms. The molecule has 0 bridgehead atoms. The molecule has 9 heteroatoms. The van der Waals surface area contributed by atoms with E-state index in [9.17, 15) is 17.6 Å². The van der Waals surface area contributed by atoms with Gasteiger partial charge in [-0.1, -0.05) is 43.3 Å². The van der Waals surface area contributed by atoms with Gasteiger partial charge in [-0.3, -0.25) is 0 Å². The molecule has 0 aliphatic carbocycles. The first-order valence-electron chi connectivity index (χ1n) is 12.3. The van der Waals surface area contributed by atoms with Gasteiger partial charge < -0.3 is 18.9 Å². The van der Waals surface area contributed by atoms with Crippen molar-refractivity contribution in [2.24, 2.45) is 0 Å². The molecule has 1 aliphatic rings. The third kappa shape index (κ3) is 7.63. The molecule has 4 rings (SSSR count). The van der Waals surface area contributed by atoms with Crippen LogP contribution in [0.25, 0.3) is 10.8 Å². The average molecular weight is 525 g/mol. The Hall–Kier alpha value is -2.75. The summed E-state index contributed by atoms with van der Waals surface area (Å²) in [6, 6.07) is 12.3. The molecule has 1 fully saturated rings. The monoisotopic (exact) mass is 524 g/mol. The van der Waals surface area contributed by atoms with Crippen LogP contribution in [0, 0.1) is 11.6 Å². The topological polar surface area (TPSA) is 36.9 Å². The fraction of sp³-hybridized carbons (Fsp3) is 0.429. The highest BCUT2D eigenvalue weighted by Crippen LogP contribution is 2.28. The van der Waals surface area contributed by atoms with Crippen LogP contribution in [0.3, 0.4) is 0 Å². The second kappa shape index (κ2) is 12.2. The second-order valence-corrected chi connectivity index (χ2v) is 9.03. The SMILES string of the molecule is CCCOC1COC(CCc2ccc3c(F)c(CCc4ccc(OC(F)(F)F)c(F)c4)ccc3c2)OC1. The van der Waals surface area contributed by atoms with Gasteiger partial charge in [0.2, 0.25) is 0 Å². The van der Waals surface area contributed by atoms with E-state index in [4.69, 9.17) is 14.2 Å². The van der Waals surface area contributed by atoms with Gasteiger partial charge in [0, 0.05) is 18.4 Å². The van der Waals surface area contributed by atoms with Crippen molar-refractivity contribution in [3.63, 3.8) is 0 Å². The summed E-state index contributed by atoms with van der Waals surface area (Å²) >= 11 is 0. The molecule has 1 saturated heterocycles. The van der Waals surface area contributed by atoms with Crippen molar-refractivity contribution in [2.75, 3.05) is 19.8 Å². The van der Waals surface area contributed by atoms with Gasteiger partial charge in [0.15, 0.2) is 17.9 Å². The lowest BCUT2D eigenvalue weighted by Gasteiger charge is -2.29. The van der Waals surface area contributed by atoms with E-state index in [0.717, 1.165) is 29.5 Å². The predicted octanol–water partition coefficient (Wildman–Crippen LogP) is 6.90. The summed E-state index contributed by atoms with van der Waals surface area (Å²) in [4.78, 5) is 0. The molecule has 0 atom stereocenters. The van der Waals surface area contributed by atoms with Crippen molar-refractivity contribution in [3.05, 3.63) is 76.9 Å². The maximum absolute atomic E-state index is 15.2. The van der Waals surface area contributed by atoms with Gasteiger partial charge >= 0.3 is 6.36 Å². The van der Waals surface area contributed by atoms with Gasteiger partial charge in [-0.05, 0) is 59.9 Å². The maximum atomic E-state index is 15.2. The van der Waals surface area contributed by atoms with Crippen LogP contribution in [0.4, 0.5) is 22.0 Å². The quantitative estimate of drug-likeness (QED) is 0.270. The molecule has 37 heavy (non-hydrogen) atoms. The van der Waals surface area contributed by atoms with Crippen LogP contribution in [-0.2, 0) is 33.5 Å². The number of fused-ring (bicyclic) bond motifs is 1. The van der Waals surface area contributed by atoms with E-state index in [1.54, 1.807) is 12.1 Å². The summed E-state index contributed by atoms with van der Waals surface area (Å²) < 4.78 is 86.8. The first kappa shape index (κ1) is 27.3. The van der Waals surface area contributed by atoms with Crippen LogP contribution >= 0.6 is 0 Å². The van der Waals surface area contributed by atoms with Gasteiger partial charge in [0.1, 0.15) is 11.9 Å². The van der Waals surface area contributed by atoms with E-state index >= 15 is 4.39 Å². The van der Waals surface area contributed by atoms with Crippen LogP contribution < -0.4 is 4.74 Å². The molecule has 4 nitrogen and oxygen atoms in total. The summed E-state index contributed by atoms with van der Waals surface area (Å²) in [6.45, 7) is 3.75. The van der Waals surface area contributed by atoms with Crippen molar-refractivity contribution >= 4 is 10.8 Å². The largest absolute Gasteiger partial charge is 0.573 e. The molecule has 200 valence electrons. The third-order valence-electron chi connectivity index (χ3n) is 6.17. The Labute approximate surface area is 212 Å². The summed E-state index contributed by atoms with van der Waals surface area (Å²) in [7, 11) is 0. The number of benzene rings is 3. The molecule has 0 unspecified atom stereocenters. The highest BCUT2D eigenvalue weighted by Gasteiger charge is 2.32. The van der Waals surface area contributed by atoms with Crippen LogP contribution in [0.2, 0.25) is 0 Å². The molecule has 3 aromatic carbocycles. The lowest BCUT2D eigenvalue weighted by molar-refractivity contribution is -0.275. The normalized spacial score (nSPS) is 18.3. The van der Waals surface area contributed by atoms with Gasteiger partial charge in [0.05, 0.1) is 13.2 Å². The summed E-state index contributed by atoms with van der Waals surface area (Å²) in [5.41, 5.74) is 1.92. The number of alkyl halides is 3. The first-order chi connectivity index (χ1) is 17.7. The fourth-order valence-electron chi connectivity index (χ4n) is 4.28. The Morgan fingerprint density at radius 2 is 1.62 bits per heavy atom. The fourth-order valence-corrected chi connectivity index (χ4v) is 4.28. The summed E-state index contributed by atoms with van der Waals surface area (Å²) in [5.74, 6) is -2.37. The zero-order valence-electron chi connectivity index (χ0n) is 20.5. The zero-order chi connectivity index (χ0) is 26.4. The van der Waals surface area contributed by atoms with Crippen LogP contribution in [0.1, 0.15) is 36.5 Å². The van der Waals surface area contributed by atoms with E-state index < -0.39 is 17.9 Å². The number of aryl methyl sites for hydroxylation is 3. The maximum Gasteiger partial charge on any atom is 0.573 e. The van der Waals surface area contributed by atoms with Crippen molar-refractivity contribution in [2.45, 2.75) is 57.8 Å². The smallest absolute Gasteiger partial charge is 0.403 e. The predicted molar refractivity (Wildman–Crippen MR) is 128 cm³/mol. The summed E-state index contributed by atoms with van der Waals surface area (Å²) in [5, 5.41) is 1.24. The Morgan fingerprint density at radius 1 is 0.892 bits per heavy atom. The minimum atomic E-state index is -4.97. The van der Waals surface area contributed by atoms with Gasteiger partial charge in [0.25, 0.3) is 0 Å². The van der Waals surface area contributed by atoms with Crippen LogP contribution in [0.5, 0.6) is 5.75 Å². The minimum Gasteiger partial charge on any atom is -0.403 e. The lowest BCUT2D eigenvalue weighted by Crippen LogP contribution is -2.37. The zero-order valence-corrected chi connectivity index (χ0v) is 20.5. The molecular formula is C28H29F5O4. The lowest BCUT2D eigenvalue weighted by atomic mass is 9.98. The standard InChI is InChI=1S/C28H29F5O4/c1-2-13-34-22-16-35-26(36-17-22)12-6-18-4-10-23-21(14-18)9-8-20(27(23)30)7-3-19-5-11-25(24(29)15-19)37-28(31,32)33/h4-5,8-11,14-15,22,26H,2-3,6-7,12-13,16-17H2,1H3. The molecule has 0 aromatic heterocycles. The Bertz CT molecular complexity index is 1190. The Morgan fingerprint density at radius 3 is 2.32 bits per heavy atom. The van der Waals surface area contributed by atoms with Gasteiger partial charge in [-0.25, -0.2) is 8.78 Å². The van der Waals surface area contributed by atoms with Crippen molar-refractivity contribution < 1.29 is 40.9 Å². The van der Waals surface area contributed by atoms with E-state index in [2.05, 4.69) is 11.7 Å². The number of hydrogen-bond donors (Lipinski definition) is 0. The van der Waals surface area contributed by atoms with Crippen molar-refractivity contribution in [1.29, 1.82) is 0 Å². The Kier molecular flexibility index (Phi) is 9.00. The van der Waals surface area contributed by atoms with Crippen LogP contribution in [-0.4, -0.2) is 38.6 Å². The minimum absolute atomic E-state index is 0.0316. The van der Waals surface area contributed by atoms with Gasteiger partial charge in [-0.2, -0.15) is 0 Å². The number of halogens is 5. The number of hydrogen-bond acceptors (Lipinski definition) is 4. The highest BCUT2D eigenvalue weighted by molar-refractivity contribution is 5.84. The van der Waals surface area contributed by atoms with Crippen LogP contribution in [0.15, 0.2) is 48.5 Å². The summed E-state index contributed by atoms with van der Waals surface area (Å²) in [6.07, 6.45) is -2.44. The van der Waals surface area contributed by atoms with Crippen molar-refractivity contribution in [3.8, 4) is 5.75 Å². The molecule has 0 amide bonds. The second-order valence-electron chi connectivity index (χ2n) is 9.03. The average Bonchev–Trinajstić information content (AvgIpc) is 2.87. The van der Waals surface area contributed by atoms with Gasteiger partial charge in [-0.15, -0.1) is 13.2 Å². The first-order valence-corrected chi connectivity index (χ1v) is 12.3. The molecule has 1 aliphatic heterocycles. The number of rotatable bonds is 10. The van der Waals surface area contributed by atoms with E-state index in [0.29, 0.717) is 49.2 Å². The molecule has 1 heterocycles. The molecule has 3 aromatic rings.